The van der Waals surface area contributed by atoms with Crippen LogP contribution < -0.4 is 15.4 Å². The third-order valence-corrected chi connectivity index (χ3v) is 2.69. The Morgan fingerprint density at radius 3 is 2.47 bits per heavy atom. The van der Waals surface area contributed by atoms with Crippen molar-refractivity contribution < 1.29 is 9.53 Å². The number of nitrogens with zero attached hydrogens (tertiary/aromatic N) is 2. The highest BCUT2D eigenvalue weighted by Gasteiger charge is 2.14. The van der Waals surface area contributed by atoms with Gasteiger partial charge in [-0.1, -0.05) is 6.07 Å². The predicted molar refractivity (Wildman–Crippen MR) is 78.6 cm³/mol. The van der Waals surface area contributed by atoms with Crippen LogP contribution in [0.3, 0.4) is 0 Å². The molecule has 0 radical (unpaired) electrons. The molecule has 1 amide bonds. The molecule has 5 heteroatoms. The van der Waals surface area contributed by atoms with Crippen molar-refractivity contribution in [2.24, 2.45) is 0 Å². The van der Waals surface area contributed by atoms with E-state index in [2.05, 4.69) is 0 Å². The first-order valence-corrected chi connectivity index (χ1v) is 6.29. The van der Waals surface area contributed by atoms with Crippen molar-refractivity contribution in [3.63, 3.8) is 0 Å². The fourth-order valence-corrected chi connectivity index (χ4v) is 1.65. The Kier molecular flexibility index (Phi) is 5.03. The smallest absolute Gasteiger partial charge is 0.241 e. The zero-order valence-electron chi connectivity index (χ0n) is 12.3. The van der Waals surface area contributed by atoms with Gasteiger partial charge in [0.05, 0.1) is 24.0 Å². The number of amides is 1. The second kappa shape index (κ2) is 6.31. The lowest BCUT2D eigenvalue weighted by atomic mass is 10.2. The van der Waals surface area contributed by atoms with Gasteiger partial charge in [-0.25, -0.2) is 0 Å². The Hall–Kier alpha value is -1.91. The van der Waals surface area contributed by atoms with Gasteiger partial charge in [0.15, 0.2) is 0 Å². The van der Waals surface area contributed by atoms with Gasteiger partial charge < -0.3 is 20.3 Å². The molecule has 0 spiro atoms. The molecule has 0 heterocycles. The monoisotopic (exact) mass is 265 g/mol. The average molecular weight is 265 g/mol. The van der Waals surface area contributed by atoms with E-state index >= 15 is 0 Å². The van der Waals surface area contributed by atoms with Crippen molar-refractivity contribution in [2.45, 2.75) is 20.0 Å². The summed E-state index contributed by atoms with van der Waals surface area (Å²) in [5.41, 5.74) is 7.45. The number of para-hydroxylation sites is 1. The lowest BCUT2D eigenvalue weighted by Crippen LogP contribution is -2.34. The van der Waals surface area contributed by atoms with E-state index < -0.39 is 0 Å². The topological polar surface area (TPSA) is 58.8 Å². The first-order chi connectivity index (χ1) is 8.82. The zero-order valence-corrected chi connectivity index (χ0v) is 12.3. The van der Waals surface area contributed by atoms with Crippen LogP contribution in [0, 0.1) is 0 Å². The summed E-state index contributed by atoms with van der Waals surface area (Å²) in [6.45, 7) is 4.18. The van der Waals surface area contributed by atoms with Crippen LogP contribution in [0.1, 0.15) is 13.8 Å². The van der Waals surface area contributed by atoms with Gasteiger partial charge >= 0.3 is 0 Å². The quantitative estimate of drug-likeness (QED) is 0.821. The van der Waals surface area contributed by atoms with E-state index in [4.69, 9.17) is 10.5 Å². The summed E-state index contributed by atoms with van der Waals surface area (Å²) < 4.78 is 5.64. The van der Waals surface area contributed by atoms with Gasteiger partial charge in [0.2, 0.25) is 5.91 Å². The normalized spacial score (nSPS) is 10.4. The number of carbonyl (C=O) groups is 1. The molecule has 0 saturated carbocycles. The fraction of sp³-hybridized carbons (Fsp3) is 0.500. The van der Waals surface area contributed by atoms with E-state index in [-0.39, 0.29) is 18.6 Å². The Balaban J connectivity index is 2.91. The maximum Gasteiger partial charge on any atom is 0.241 e. The van der Waals surface area contributed by atoms with E-state index in [0.29, 0.717) is 11.4 Å². The molecule has 2 N–H and O–H groups in total. The zero-order chi connectivity index (χ0) is 14.6. The molecule has 0 unspecified atom stereocenters. The SMILES string of the molecule is CC(C)Oc1cccc(N(C)CC(=O)N(C)C)c1N. The van der Waals surface area contributed by atoms with Gasteiger partial charge in [-0.2, -0.15) is 0 Å². The molecule has 0 aliphatic carbocycles. The predicted octanol–water partition coefficient (Wildman–Crippen LogP) is 1.58. The minimum atomic E-state index is 0.0251. The van der Waals surface area contributed by atoms with Gasteiger partial charge in [-0.15, -0.1) is 0 Å². The van der Waals surface area contributed by atoms with Crippen LogP contribution >= 0.6 is 0 Å². The number of nitrogens with two attached hydrogens (primary N) is 1. The molecule has 1 rings (SSSR count). The molecule has 1 aromatic carbocycles. The number of nitrogen functional groups attached to an aromatic ring is 1. The number of benzene rings is 1. The number of hydrogen-bond acceptors (Lipinski definition) is 4. The number of hydrogen-bond donors (Lipinski definition) is 1. The number of rotatable bonds is 5. The van der Waals surface area contributed by atoms with Gasteiger partial charge in [-0.3, -0.25) is 4.79 Å². The molecule has 19 heavy (non-hydrogen) atoms. The van der Waals surface area contributed by atoms with Crippen LogP contribution in [0.15, 0.2) is 18.2 Å². The number of carbonyl (C=O) groups excluding carboxylic acids is 1. The Bertz CT molecular complexity index is 444. The highest BCUT2D eigenvalue weighted by atomic mass is 16.5. The standard InChI is InChI=1S/C14H23N3O2/c1-10(2)19-12-8-6-7-11(14(12)15)17(5)9-13(18)16(3)4/h6-8,10H,9,15H2,1-5H3. The summed E-state index contributed by atoms with van der Waals surface area (Å²) in [6.07, 6.45) is 0.0614. The van der Waals surface area contributed by atoms with Crippen molar-refractivity contribution in [1.82, 2.24) is 4.90 Å². The molecule has 5 nitrogen and oxygen atoms in total. The van der Waals surface area contributed by atoms with Gasteiger partial charge in [0.25, 0.3) is 0 Å². The first kappa shape index (κ1) is 15.1. The van der Waals surface area contributed by atoms with Crippen molar-refractivity contribution >= 4 is 17.3 Å². The molecule has 0 atom stereocenters. The third-order valence-electron chi connectivity index (χ3n) is 2.69. The Labute approximate surface area is 114 Å². The van der Waals surface area contributed by atoms with Crippen molar-refractivity contribution in [2.75, 3.05) is 38.3 Å². The van der Waals surface area contributed by atoms with Gasteiger partial charge in [0, 0.05) is 21.1 Å². The molecule has 0 bridgehead atoms. The third kappa shape index (κ3) is 4.05. The highest BCUT2D eigenvalue weighted by Crippen LogP contribution is 2.32. The minimum Gasteiger partial charge on any atom is -0.489 e. The summed E-state index contributed by atoms with van der Waals surface area (Å²) in [4.78, 5) is 15.1. The maximum absolute atomic E-state index is 11.7. The van der Waals surface area contributed by atoms with Crippen LogP contribution in [0.4, 0.5) is 11.4 Å². The summed E-state index contributed by atoms with van der Waals surface area (Å²) in [5, 5.41) is 0. The maximum atomic E-state index is 11.7. The number of likely N-dealkylation sites (N-methyl/N-ethyl adjacent to an activating group) is 2. The van der Waals surface area contributed by atoms with Crippen LogP contribution in [0.2, 0.25) is 0 Å². The Morgan fingerprint density at radius 1 is 1.32 bits per heavy atom. The summed E-state index contributed by atoms with van der Waals surface area (Å²) >= 11 is 0. The van der Waals surface area contributed by atoms with E-state index in [1.807, 2.05) is 44.0 Å². The van der Waals surface area contributed by atoms with Crippen LogP contribution in [-0.4, -0.2) is 44.6 Å². The largest absolute Gasteiger partial charge is 0.489 e. The van der Waals surface area contributed by atoms with E-state index in [1.165, 1.54) is 0 Å². The lowest BCUT2D eigenvalue weighted by molar-refractivity contribution is -0.127. The van der Waals surface area contributed by atoms with Crippen LogP contribution in [0.5, 0.6) is 5.75 Å². The molecular weight excluding hydrogens is 242 g/mol. The molecule has 0 saturated heterocycles. The molecule has 1 aromatic rings. The van der Waals surface area contributed by atoms with Crippen LogP contribution in [-0.2, 0) is 4.79 Å². The fourth-order valence-electron chi connectivity index (χ4n) is 1.65. The molecule has 0 fully saturated rings. The van der Waals surface area contributed by atoms with E-state index in [0.717, 1.165) is 5.69 Å². The summed E-state index contributed by atoms with van der Waals surface area (Å²) in [5.74, 6) is 0.675. The van der Waals surface area contributed by atoms with Gasteiger partial charge in [0.1, 0.15) is 5.75 Å². The lowest BCUT2D eigenvalue weighted by Gasteiger charge is -2.24. The van der Waals surface area contributed by atoms with E-state index in [1.54, 1.807) is 19.0 Å². The molecule has 0 aliphatic rings. The van der Waals surface area contributed by atoms with E-state index in [9.17, 15) is 4.79 Å². The molecule has 0 aliphatic heterocycles. The number of ether oxygens (including phenoxy) is 1. The van der Waals surface area contributed by atoms with Crippen LogP contribution in [0.25, 0.3) is 0 Å². The summed E-state index contributed by atoms with van der Waals surface area (Å²) in [6, 6.07) is 5.59. The molecule has 106 valence electrons. The minimum absolute atomic E-state index is 0.0251. The summed E-state index contributed by atoms with van der Waals surface area (Å²) in [7, 11) is 5.31. The highest BCUT2D eigenvalue weighted by molar-refractivity contribution is 5.83. The molecular formula is C14H23N3O2. The van der Waals surface area contributed by atoms with Crippen molar-refractivity contribution in [3.8, 4) is 5.75 Å². The molecule has 0 aromatic heterocycles. The average Bonchev–Trinajstić information content (AvgIpc) is 2.30. The van der Waals surface area contributed by atoms with Crippen molar-refractivity contribution in [3.05, 3.63) is 18.2 Å². The second-order valence-electron chi connectivity index (χ2n) is 5.00. The number of anilines is 2. The Morgan fingerprint density at radius 2 is 1.95 bits per heavy atom. The second-order valence-corrected chi connectivity index (χ2v) is 5.00. The van der Waals surface area contributed by atoms with Crippen molar-refractivity contribution in [1.29, 1.82) is 0 Å². The first-order valence-electron chi connectivity index (χ1n) is 6.29. The van der Waals surface area contributed by atoms with Gasteiger partial charge in [-0.05, 0) is 26.0 Å².